The van der Waals surface area contributed by atoms with Crippen molar-refractivity contribution in [2.75, 3.05) is 25.5 Å². The molecule has 30 heavy (non-hydrogen) atoms. The van der Waals surface area contributed by atoms with Crippen LogP contribution in [0.25, 0.3) is 6.08 Å². The number of amides is 1. The molecule has 9 heteroatoms. The number of halogens is 2. The lowest BCUT2D eigenvalue weighted by Crippen LogP contribution is -2.35. The second-order valence-corrected chi connectivity index (χ2v) is 8.73. The van der Waals surface area contributed by atoms with Gasteiger partial charge in [-0.1, -0.05) is 12.5 Å². The van der Waals surface area contributed by atoms with E-state index >= 15 is 0 Å². The van der Waals surface area contributed by atoms with Crippen LogP contribution in [-0.4, -0.2) is 38.8 Å². The molecular formula is C21H22F2N2O4S. The second-order valence-electron chi connectivity index (χ2n) is 6.82. The molecule has 1 aliphatic heterocycles. The van der Waals surface area contributed by atoms with E-state index in [9.17, 15) is 22.0 Å². The van der Waals surface area contributed by atoms with Gasteiger partial charge >= 0.3 is 0 Å². The Labute approximate surface area is 174 Å². The number of methoxy groups -OCH3 is 1. The Bertz CT molecular complexity index is 1060. The lowest BCUT2D eigenvalue weighted by atomic mass is 10.2. The Morgan fingerprint density at radius 2 is 1.83 bits per heavy atom. The molecule has 0 radical (unpaired) electrons. The van der Waals surface area contributed by atoms with Crippen LogP contribution in [-0.2, 0) is 14.8 Å². The summed E-state index contributed by atoms with van der Waals surface area (Å²) in [7, 11) is -2.35. The lowest BCUT2D eigenvalue weighted by Gasteiger charge is -2.26. The van der Waals surface area contributed by atoms with Gasteiger partial charge in [-0.15, -0.1) is 0 Å². The molecule has 0 aromatic heterocycles. The van der Waals surface area contributed by atoms with Crippen molar-refractivity contribution in [3.63, 3.8) is 0 Å². The molecule has 1 heterocycles. The zero-order valence-electron chi connectivity index (χ0n) is 16.4. The van der Waals surface area contributed by atoms with Crippen molar-refractivity contribution in [1.29, 1.82) is 0 Å². The molecule has 1 fully saturated rings. The predicted molar refractivity (Wildman–Crippen MR) is 110 cm³/mol. The number of benzene rings is 2. The highest BCUT2D eigenvalue weighted by Crippen LogP contribution is 2.30. The van der Waals surface area contributed by atoms with Crippen molar-refractivity contribution in [2.45, 2.75) is 24.2 Å². The van der Waals surface area contributed by atoms with Crippen LogP contribution < -0.4 is 10.1 Å². The number of ether oxygens (including phenoxy) is 1. The minimum Gasteiger partial charge on any atom is -0.495 e. The third-order valence-electron chi connectivity index (χ3n) is 4.73. The average molecular weight is 436 g/mol. The van der Waals surface area contributed by atoms with Crippen LogP contribution in [0.5, 0.6) is 5.75 Å². The van der Waals surface area contributed by atoms with Crippen LogP contribution in [0.2, 0.25) is 0 Å². The van der Waals surface area contributed by atoms with E-state index in [4.69, 9.17) is 4.74 Å². The fourth-order valence-corrected chi connectivity index (χ4v) is 4.89. The molecule has 0 unspecified atom stereocenters. The summed E-state index contributed by atoms with van der Waals surface area (Å²) in [6, 6.07) is 7.27. The summed E-state index contributed by atoms with van der Waals surface area (Å²) in [5.74, 6) is -1.92. The molecule has 160 valence electrons. The molecule has 1 saturated heterocycles. The van der Waals surface area contributed by atoms with E-state index in [0.29, 0.717) is 18.7 Å². The first-order chi connectivity index (χ1) is 14.3. The number of carbonyl (C=O) groups excluding carboxylic acids is 1. The second kappa shape index (κ2) is 9.36. The van der Waals surface area contributed by atoms with Gasteiger partial charge in [0.15, 0.2) is 0 Å². The van der Waals surface area contributed by atoms with Crippen LogP contribution in [0.4, 0.5) is 14.5 Å². The van der Waals surface area contributed by atoms with Crippen molar-refractivity contribution in [3.8, 4) is 5.75 Å². The van der Waals surface area contributed by atoms with Crippen molar-refractivity contribution in [1.82, 2.24) is 4.31 Å². The fourth-order valence-electron chi connectivity index (χ4n) is 3.18. The molecule has 0 aliphatic carbocycles. The molecular weight excluding hydrogens is 414 g/mol. The highest BCUT2D eigenvalue weighted by Gasteiger charge is 2.29. The minimum atomic E-state index is -3.74. The summed E-state index contributed by atoms with van der Waals surface area (Å²) < 4.78 is 59.6. The normalized spacial score (nSPS) is 15.3. The van der Waals surface area contributed by atoms with Gasteiger partial charge in [-0.25, -0.2) is 17.2 Å². The smallest absolute Gasteiger partial charge is 0.248 e. The van der Waals surface area contributed by atoms with E-state index in [2.05, 4.69) is 5.32 Å². The van der Waals surface area contributed by atoms with Crippen LogP contribution in [0, 0.1) is 11.6 Å². The van der Waals surface area contributed by atoms with E-state index in [-0.39, 0.29) is 16.3 Å². The van der Waals surface area contributed by atoms with Crippen molar-refractivity contribution >= 4 is 27.7 Å². The quantitative estimate of drug-likeness (QED) is 0.699. The number of piperidine rings is 1. The Balaban J connectivity index is 1.82. The molecule has 1 N–H and O–H groups in total. The van der Waals surface area contributed by atoms with Gasteiger partial charge in [0, 0.05) is 25.2 Å². The van der Waals surface area contributed by atoms with Crippen LogP contribution in [0.3, 0.4) is 0 Å². The molecule has 2 aromatic carbocycles. The van der Waals surface area contributed by atoms with Gasteiger partial charge in [-0.05, 0) is 48.7 Å². The van der Waals surface area contributed by atoms with Crippen LogP contribution in [0.1, 0.15) is 24.8 Å². The van der Waals surface area contributed by atoms with Gasteiger partial charge in [0.2, 0.25) is 15.9 Å². The number of hydrogen-bond donors (Lipinski definition) is 1. The first-order valence-electron chi connectivity index (χ1n) is 9.43. The molecule has 2 aromatic rings. The predicted octanol–water partition coefficient (Wildman–Crippen LogP) is 3.80. The molecule has 0 spiro atoms. The van der Waals surface area contributed by atoms with Crippen molar-refractivity contribution in [2.24, 2.45) is 0 Å². The number of sulfonamides is 1. The summed E-state index contributed by atoms with van der Waals surface area (Å²) in [4.78, 5) is 12.1. The number of carbonyl (C=O) groups is 1. The monoisotopic (exact) mass is 436 g/mol. The number of anilines is 1. The minimum absolute atomic E-state index is 0.0191. The van der Waals surface area contributed by atoms with E-state index in [1.165, 1.54) is 29.6 Å². The summed E-state index contributed by atoms with van der Waals surface area (Å²) in [5, 5.41) is 2.25. The molecule has 6 nitrogen and oxygen atoms in total. The fraction of sp³-hybridized carbons (Fsp3) is 0.286. The maximum Gasteiger partial charge on any atom is 0.248 e. The number of nitrogens with zero attached hydrogens (tertiary/aromatic N) is 1. The summed E-state index contributed by atoms with van der Waals surface area (Å²) >= 11 is 0. The van der Waals surface area contributed by atoms with Gasteiger partial charge in [0.1, 0.15) is 22.3 Å². The first kappa shape index (κ1) is 21.9. The zero-order valence-corrected chi connectivity index (χ0v) is 17.2. The maximum atomic E-state index is 13.6. The third-order valence-corrected chi connectivity index (χ3v) is 6.65. The van der Waals surface area contributed by atoms with E-state index in [0.717, 1.165) is 43.5 Å². The molecule has 1 aliphatic rings. The van der Waals surface area contributed by atoms with Gasteiger partial charge in [0.25, 0.3) is 0 Å². The van der Waals surface area contributed by atoms with Gasteiger partial charge < -0.3 is 10.1 Å². The topological polar surface area (TPSA) is 75.7 Å². The van der Waals surface area contributed by atoms with Crippen LogP contribution in [0.15, 0.2) is 47.4 Å². The largest absolute Gasteiger partial charge is 0.495 e. The molecule has 1 amide bonds. The standard InChI is InChI=1S/C21H22F2N2O4S/c1-29-19-9-5-15(13-20(19)30(27,28)25-11-3-2-4-12-25)6-10-21(26)24-18-14-16(22)7-8-17(18)23/h5-10,13-14H,2-4,11-12H2,1H3,(H,24,26)/b10-6+. The van der Waals surface area contributed by atoms with Crippen molar-refractivity contribution < 1.29 is 26.7 Å². The van der Waals surface area contributed by atoms with E-state index in [1.807, 2.05) is 0 Å². The highest BCUT2D eigenvalue weighted by molar-refractivity contribution is 7.89. The summed E-state index contributed by atoms with van der Waals surface area (Å²) in [5.41, 5.74) is 0.161. The summed E-state index contributed by atoms with van der Waals surface area (Å²) in [6.45, 7) is 0.903. The SMILES string of the molecule is COc1ccc(/C=C/C(=O)Nc2cc(F)ccc2F)cc1S(=O)(=O)N1CCCCC1. The average Bonchev–Trinajstić information content (AvgIpc) is 2.75. The lowest BCUT2D eigenvalue weighted by molar-refractivity contribution is -0.111. The Kier molecular flexibility index (Phi) is 6.84. The first-order valence-corrected chi connectivity index (χ1v) is 10.9. The summed E-state index contributed by atoms with van der Waals surface area (Å²) in [6.07, 6.45) is 5.10. The van der Waals surface area contributed by atoms with Crippen LogP contribution >= 0.6 is 0 Å². The third kappa shape index (κ3) is 5.03. The molecule has 0 atom stereocenters. The number of hydrogen-bond acceptors (Lipinski definition) is 4. The van der Waals surface area contributed by atoms with Crippen molar-refractivity contribution in [3.05, 3.63) is 59.7 Å². The Hall–Kier alpha value is -2.78. The van der Waals surface area contributed by atoms with Gasteiger partial charge in [-0.3, -0.25) is 4.79 Å². The van der Waals surface area contributed by atoms with Gasteiger partial charge in [-0.2, -0.15) is 4.31 Å². The maximum absolute atomic E-state index is 13.6. The van der Waals surface area contributed by atoms with E-state index in [1.54, 1.807) is 6.07 Å². The Morgan fingerprint density at radius 3 is 2.53 bits per heavy atom. The van der Waals surface area contributed by atoms with E-state index < -0.39 is 27.6 Å². The molecule has 0 bridgehead atoms. The molecule has 0 saturated carbocycles. The zero-order chi connectivity index (χ0) is 21.7. The van der Waals surface area contributed by atoms with Gasteiger partial charge in [0.05, 0.1) is 12.8 Å². The Morgan fingerprint density at radius 1 is 1.10 bits per heavy atom. The molecule has 3 rings (SSSR count). The number of rotatable bonds is 6. The number of nitrogens with one attached hydrogen (secondary N) is 1. The highest BCUT2D eigenvalue weighted by atomic mass is 32.2.